The molecule has 0 unspecified atom stereocenters. The molecule has 0 fully saturated rings. The Balaban J connectivity index is 1.69. The van der Waals surface area contributed by atoms with Crippen molar-refractivity contribution < 1.29 is 18.0 Å². The highest BCUT2D eigenvalue weighted by Gasteiger charge is 2.29. The molecule has 0 spiro atoms. The summed E-state index contributed by atoms with van der Waals surface area (Å²) >= 11 is 0. The third-order valence-corrected chi connectivity index (χ3v) is 6.66. The molecular weight excluding hydrogens is 402 g/mol. The van der Waals surface area contributed by atoms with Crippen molar-refractivity contribution in [1.82, 2.24) is 0 Å². The highest BCUT2D eigenvalue weighted by Crippen LogP contribution is 2.30. The fraction of sp³-hybridized carbons (Fsp3) is 0.0909. The van der Waals surface area contributed by atoms with E-state index < -0.39 is 15.9 Å². The molecule has 0 aliphatic carbocycles. The number of amides is 2. The molecule has 3 aromatic carbocycles. The maximum Gasteiger partial charge on any atom is 0.264 e. The molecular formula is C22H19N3O4S. The summed E-state index contributed by atoms with van der Waals surface area (Å²) in [7, 11) is -2.40. The number of carbonyl (C=O) groups is 2. The van der Waals surface area contributed by atoms with Crippen molar-refractivity contribution in [2.75, 3.05) is 28.1 Å². The van der Waals surface area contributed by atoms with Crippen LogP contribution < -0.4 is 14.5 Å². The SMILES string of the molecule is CN(c1ccccc1)S(=O)(=O)c1cccc(C(=O)N2CC(=O)Nc3ccccc32)c1. The molecule has 0 saturated heterocycles. The second kappa shape index (κ2) is 7.64. The average Bonchev–Trinajstić information content (AvgIpc) is 2.78. The molecule has 0 aromatic heterocycles. The average molecular weight is 421 g/mol. The van der Waals surface area contributed by atoms with Crippen molar-refractivity contribution in [3.05, 3.63) is 84.4 Å². The number of hydrogen-bond acceptors (Lipinski definition) is 4. The molecule has 0 saturated carbocycles. The van der Waals surface area contributed by atoms with Crippen LogP contribution in [-0.2, 0) is 14.8 Å². The Hall–Kier alpha value is -3.65. The number of benzene rings is 3. The van der Waals surface area contributed by atoms with Gasteiger partial charge in [-0.25, -0.2) is 8.42 Å². The van der Waals surface area contributed by atoms with E-state index in [0.717, 1.165) is 0 Å². The van der Waals surface area contributed by atoms with Crippen molar-refractivity contribution in [3.8, 4) is 0 Å². The second-order valence-electron chi connectivity index (χ2n) is 6.79. The molecule has 1 N–H and O–H groups in total. The standard InChI is InChI=1S/C22H19N3O4S/c1-24(17-9-3-2-4-10-17)30(28,29)18-11-7-8-16(14-18)22(27)25-15-21(26)23-19-12-5-6-13-20(19)25/h2-14H,15H2,1H3,(H,23,26). The van der Waals surface area contributed by atoms with E-state index in [-0.39, 0.29) is 22.9 Å². The molecule has 1 heterocycles. The summed E-state index contributed by atoms with van der Waals surface area (Å²) in [5, 5.41) is 2.73. The maximum absolute atomic E-state index is 13.2. The molecule has 2 amide bonds. The summed E-state index contributed by atoms with van der Waals surface area (Å²) in [6.07, 6.45) is 0. The lowest BCUT2D eigenvalue weighted by Crippen LogP contribution is -2.42. The van der Waals surface area contributed by atoms with Gasteiger partial charge in [0.2, 0.25) is 5.91 Å². The van der Waals surface area contributed by atoms with Crippen LogP contribution in [0.15, 0.2) is 83.8 Å². The van der Waals surface area contributed by atoms with E-state index in [2.05, 4.69) is 5.32 Å². The van der Waals surface area contributed by atoms with Gasteiger partial charge in [-0.05, 0) is 42.5 Å². The van der Waals surface area contributed by atoms with E-state index in [1.807, 2.05) is 0 Å². The van der Waals surface area contributed by atoms with E-state index >= 15 is 0 Å². The number of nitrogens with one attached hydrogen (secondary N) is 1. The number of rotatable bonds is 4. The number of carbonyl (C=O) groups excluding carboxylic acids is 2. The van der Waals surface area contributed by atoms with Crippen LogP contribution in [0, 0.1) is 0 Å². The predicted octanol–water partition coefficient (Wildman–Crippen LogP) is 3.11. The number of fused-ring (bicyclic) bond motifs is 1. The lowest BCUT2D eigenvalue weighted by atomic mass is 10.1. The van der Waals surface area contributed by atoms with Crippen LogP contribution in [0.2, 0.25) is 0 Å². The van der Waals surface area contributed by atoms with Crippen molar-refractivity contribution in [3.63, 3.8) is 0 Å². The smallest absolute Gasteiger partial charge is 0.264 e. The van der Waals surface area contributed by atoms with E-state index in [9.17, 15) is 18.0 Å². The van der Waals surface area contributed by atoms with Gasteiger partial charge in [0.05, 0.1) is 22.0 Å². The first-order valence-electron chi connectivity index (χ1n) is 9.23. The minimum absolute atomic E-state index is 0.00514. The van der Waals surface area contributed by atoms with E-state index in [4.69, 9.17) is 0 Å². The van der Waals surface area contributed by atoms with E-state index in [0.29, 0.717) is 17.1 Å². The minimum Gasteiger partial charge on any atom is -0.323 e. The zero-order valence-electron chi connectivity index (χ0n) is 16.1. The van der Waals surface area contributed by atoms with Crippen LogP contribution in [0.4, 0.5) is 17.1 Å². The first-order valence-corrected chi connectivity index (χ1v) is 10.7. The number of hydrogen-bond donors (Lipinski definition) is 1. The molecule has 0 atom stereocenters. The molecule has 1 aliphatic rings. The van der Waals surface area contributed by atoms with Crippen molar-refractivity contribution in [2.45, 2.75) is 4.90 Å². The van der Waals surface area contributed by atoms with Gasteiger partial charge in [-0.1, -0.05) is 36.4 Å². The molecule has 7 nitrogen and oxygen atoms in total. The van der Waals surface area contributed by atoms with Crippen LogP contribution in [-0.4, -0.2) is 33.8 Å². The molecule has 152 valence electrons. The topological polar surface area (TPSA) is 86.8 Å². The van der Waals surface area contributed by atoms with E-state index in [1.54, 1.807) is 60.7 Å². The number of para-hydroxylation sites is 3. The van der Waals surface area contributed by atoms with Gasteiger partial charge in [0.15, 0.2) is 0 Å². The summed E-state index contributed by atoms with van der Waals surface area (Å²) < 4.78 is 27.3. The maximum atomic E-state index is 13.2. The third-order valence-electron chi connectivity index (χ3n) is 4.87. The first kappa shape index (κ1) is 19.7. The molecule has 1 aliphatic heterocycles. The van der Waals surface area contributed by atoms with E-state index in [1.165, 1.54) is 34.5 Å². The molecule has 8 heteroatoms. The fourth-order valence-corrected chi connectivity index (χ4v) is 4.54. The lowest BCUT2D eigenvalue weighted by molar-refractivity contribution is -0.115. The Morgan fingerprint density at radius 3 is 2.43 bits per heavy atom. The van der Waals surface area contributed by atoms with Crippen LogP contribution in [0.25, 0.3) is 0 Å². The lowest BCUT2D eigenvalue weighted by Gasteiger charge is -2.29. The molecule has 0 bridgehead atoms. The summed E-state index contributed by atoms with van der Waals surface area (Å²) in [4.78, 5) is 26.5. The van der Waals surface area contributed by atoms with Crippen molar-refractivity contribution in [2.24, 2.45) is 0 Å². The minimum atomic E-state index is -3.87. The Bertz CT molecular complexity index is 1230. The normalized spacial score (nSPS) is 13.4. The molecule has 3 aromatic rings. The van der Waals surface area contributed by atoms with Gasteiger partial charge in [0.1, 0.15) is 6.54 Å². The Kier molecular flexibility index (Phi) is 5.01. The van der Waals surface area contributed by atoms with Gasteiger partial charge in [-0.15, -0.1) is 0 Å². The largest absolute Gasteiger partial charge is 0.323 e. The van der Waals surface area contributed by atoms with Gasteiger partial charge < -0.3 is 5.32 Å². The highest BCUT2D eigenvalue weighted by molar-refractivity contribution is 7.92. The monoisotopic (exact) mass is 421 g/mol. The number of anilines is 3. The van der Waals surface area contributed by atoms with Crippen LogP contribution in [0.5, 0.6) is 0 Å². The van der Waals surface area contributed by atoms with Gasteiger partial charge in [0.25, 0.3) is 15.9 Å². The zero-order valence-corrected chi connectivity index (χ0v) is 17.0. The predicted molar refractivity (Wildman–Crippen MR) is 115 cm³/mol. The highest BCUT2D eigenvalue weighted by atomic mass is 32.2. The second-order valence-corrected chi connectivity index (χ2v) is 8.76. The Morgan fingerprint density at radius 1 is 0.967 bits per heavy atom. The first-order chi connectivity index (χ1) is 14.4. The van der Waals surface area contributed by atoms with Gasteiger partial charge in [0, 0.05) is 12.6 Å². The van der Waals surface area contributed by atoms with Gasteiger partial charge in [-0.3, -0.25) is 18.8 Å². The molecule has 30 heavy (non-hydrogen) atoms. The zero-order chi connectivity index (χ0) is 21.3. The molecule has 4 rings (SSSR count). The fourth-order valence-electron chi connectivity index (χ4n) is 3.29. The van der Waals surface area contributed by atoms with Crippen molar-refractivity contribution >= 4 is 38.9 Å². The van der Waals surface area contributed by atoms with Gasteiger partial charge >= 0.3 is 0 Å². The number of sulfonamides is 1. The van der Waals surface area contributed by atoms with Crippen LogP contribution >= 0.6 is 0 Å². The number of nitrogens with zero attached hydrogens (tertiary/aromatic N) is 2. The molecule has 0 radical (unpaired) electrons. The Labute approximate surface area is 174 Å². The van der Waals surface area contributed by atoms with Crippen LogP contribution in [0.3, 0.4) is 0 Å². The van der Waals surface area contributed by atoms with Gasteiger partial charge in [-0.2, -0.15) is 0 Å². The van der Waals surface area contributed by atoms with Crippen molar-refractivity contribution in [1.29, 1.82) is 0 Å². The Morgan fingerprint density at radius 2 is 1.67 bits per heavy atom. The summed E-state index contributed by atoms with van der Waals surface area (Å²) in [5.74, 6) is -0.758. The summed E-state index contributed by atoms with van der Waals surface area (Å²) in [5.41, 5.74) is 1.80. The third kappa shape index (κ3) is 3.53. The quantitative estimate of drug-likeness (QED) is 0.701. The summed E-state index contributed by atoms with van der Waals surface area (Å²) in [6, 6.07) is 21.5. The van der Waals surface area contributed by atoms with Crippen LogP contribution in [0.1, 0.15) is 10.4 Å². The summed E-state index contributed by atoms with van der Waals surface area (Å²) in [6.45, 7) is -0.142.